The van der Waals surface area contributed by atoms with Gasteiger partial charge in [-0.3, -0.25) is 4.79 Å². The molecule has 29 heavy (non-hydrogen) atoms. The second-order valence-electron chi connectivity index (χ2n) is 6.10. The van der Waals surface area contributed by atoms with Gasteiger partial charge in [0, 0.05) is 18.2 Å². The Labute approximate surface area is 168 Å². The Morgan fingerprint density at radius 3 is 2.21 bits per heavy atom. The molecule has 9 heteroatoms. The van der Waals surface area contributed by atoms with Crippen LogP contribution in [0.15, 0.2) is 48.5 Å². The van der Waals surface area contributed by atoms with Crippen molar-refractivity contribution in [3.8, 4) is 16.3 Å². The highest BCUT2D eigenvalue weighted by molar-refractivity contribution is 7.17. The Hall–Kier alpha value is -3.20. The summed E-state index contributed by atoms with van der Waals surface area (Å²) in [4.78, 5) is 28.0. The molecule has 1 N–H and O–H groups in total. The number of benzene rings is 2. The number of halogens is 3. The van der Waals surface area contributed by atoms with E-state index < -0.39 is 17.7 Å². The van der Waals surface area contributed by atoms with Crippen LogP contribution in [-0.4, -0.2) is 16.9 Å². The van der Waals surface area contributed by atoms with Gasteiger partial charge in [0.1, 0.15) is 15.6 Å². The lowest BCUT2D eigenvalue weighted by Crippen LogP contribution is -2.08. The predicted octanol–water partition coefficient (Wildman–Crippen LogP) is 5.31. The second kappa shape index (κ2) is 8.04. The largest absolute Gasteiger partial charge is 0.422 e. The lowest BCUT2D eigenvalue weighted by molar-refractivity contribution is -0.137. The second-order valence-corrected chi connectivity index (χ2v) is 7.10. The van der Waals surface area contributed by atoms with Crippen molar-refractivity contribution in [1.82, 2.24) is 4.98 Å². The molecule has 0 atom stereocenters. The third-order valence-corrected chi connectivity index (χ3v) is 5.01. The van der Waals surface area contributed by atoms with Crippen LogP contribution in [0.3, 0.4) is 0 Å². The Morgan fingerprint density at radius 2 is 1.66 bits per heavy atom. The van der Waals surface area contributed by atoms with Gasteiger partial charge in [0.2, 0.25) is 5.91 Å². The number of nitrogens with zero attached hydrogens (tertiary/aromatic N) is 1. The van der Waals surface area contributed by atoms with Crippen molar-refractivity contribution in [2.24, 2.45) is 0 Å². The predicted molar refractivity (Wildman–Crippen MR) is 103 cm³/mol. The van der Waals surface area contributed by atoms with Crippen LogP contribution in [0.1, 0.15) is 27.9 Å². The number of nitrogens with one attached hydrogen (secondary N) is 1. The Bertz CT molecular complexity index is 1040. The van der Waals surface area contributed by atoms with Gasteiger partial charge in [-0.15, -0.1) is 11.3 Å². The van der Waals surface area contributed by atoms with Crippen LogP contribution in [0.25, 0.3) is 10.6 Å². The minimum Gasteiger partial charge on any atom is -0.422 e. The number of aromatic nitrogens is 1. The summed E-state index contributed by atoms with van der Waals surface area (Å²) < 4.78 is 43.4. The van der Waals surface area contributed by atoms with Crippen molar-refractivity contribution >= 4 is 28.9 Å². The number of aryl methyl sites for hydroxylation is 1. The first kappa shape index (κ1) is 20.5. The molecule has 3 rings (SSSR count). The van der Waals surface area contributed by atoms with Gasteiger partial charge < -0.3 is 10.1 Å². The maximum Gasteiger partial charge on any atom is 0.416 e. The molecule has 150 valence electrons. The van der Waals surface area contributed by atoms with Gasteiger partial charge >= 0.3 is 12.1 Å². The molecule has 3 aromatic rings. The zero-order valence-electron chi connectivity index (χ0n) is 15.3. The van der Waals surface area contributed by atoms with E-state index in [1.165, 1.54) is 31.2 Å². The molecule has 1 aromatic heterocycles. The van der Waals surface area contributed by atoms with Gasteiger partial charge in [-0.25, -0.2) is 9.78 Å². The van der Waals surface area contributed by atoms with Crippen LogP contribution in [-0.2, 0) is 11.0 Å². The monoisotopic (exact) mass is 420 g/mol. The highest BCUT2D eigenvalue weighted by Crippen LogP contribution is 2.33. The minimum absolute atomic E-state index is 0.217. The van der Waals surface area contributed by atoms with Gasteiger partial charge in [-0.1, -0.05) is 12.1 Å². The van der Waals surface area contributed by atoms with E-state index in [4.69, 9.17) is 4.74 Å². The highest BCUT2D eigenvalue weighted by Gasteiger charge is 2.30. The number of hydrogen-bond acceptors (Lipinski definition) is 5. The molecular weight excluding hydrogens is 405 g/mol. The van der Waals surface area contributed by atoms with E-state index in [2.05, 4.69) is 10.3 Å². The van der Waals surface area contributed by atoms with Crippen LogP contribution in [0, 0.1) is 6.92 Å². The zero-order chi connectivity index (χ0) is 21.2. The molecule has 0 bridgehead atoms. The molecular formula is C20H15F3N2O3S. The van der Waals surface area contributed by atoms with E-state index in [0.29, 0.717) is 22.0 Å². The van der Waals surface area contributed by atoms with Crippen molar-refractivity contribution in [3.05, 3.63) is 64.7 Å². The first-order valence-corrected chi connectivity index (χ1v) is 9.20. The number of anilines is 1. The molecule has 2 aromatic carbocycles. The van der Waals surface area contributed by atoms with Crippen molar-refractivity contribution < 1.29 is 27.5 Å². The summed E-state index contributed by atoms with van der Waals surface area (Å²) in [5.74, 6) is -0.552. The zero-order valence-corrected chi connectivity index (χ0v) is 16.1. The van der Waals surface area contributed by atoms with E-state index in [1.807, 2.05) is 0 Å². The number of hydrogen-bond donors (Lipinski definition) is 1. The molecule has 1 amide bonds. The lowest BCUT2D eigenvalue weighted by Gasteiger charge is -2.06. The number of esters is 1. The van der Waals surface area contributed by atoms with E-state index >= 15 is 0 Å². The third-order valence-electron chi connectivity index (χ3n) is 3.83. The number of thiazole rings is 1. The maximum atomic E-state index is 12.7. The first-order valence-electron chi connectivity index (χ1n) is 8.38. The van der Waals surface area contributed by atoms with E-state index in [1.54, 1.807) is 19.1 Å². The quantitative estimate of drug-likeness (QED) is 0.459. The van der Waals surface area contributed by atoms with Crippen LogP contribution in [0.2, 0.25) is 0 Å². The fourth-order valence-electron chi connectivity index (χ4n) is 2.47. The number of alkyl halides is 3. The summed E-state index contributed by atoms with van der Waals surface area (Å²) in [6.45, 7) is 3.01. The number of carbonyl (C=O) groups excluding carboxylic acids is 2. The summed E-state index contributed by atoms with van der Waals surface area (Å²) in [6, 6.07) is 10.8. The molecule has 0 aliphatic heterocycles. The number of rotatable bonds is 4. The van der Waals surface area contributed by atoms with E-state index in [0.717, 1.165) is 23.5 Å². The standard InChI is InChI=1S/C20H15F3N2O3S/c1-11-17(19(27)28-16-9-7-15(8-10-16)25-12(2)26)29-18(24-11)13-3-5-14(6-4-13)20(21,22)23/h3-10H,1-2H3,(H,25,26). The fourth-order valence-corrected chi connectivity index (χ4v) is 3.42. The molecule has 0 unspecified atom stereocenters. The van der Waals surface area contributed by atoms with E-state index in [9.17, 15) is 22.8 Å². The summed E-state index contributed by atoms with van der Waals surface area (Å²) in [7, 11) is 0. The highest BCUT2D eigenvalue weighted by atomic mass is 32.1. The Kier molecular flexibility index (Phi) is 5.69. The molecule has 0 spiro atoms. The molecule has 0 fully saturated rings. The fraction of sp³-hybridized carbons (Fsp3) is 0.150. The molecule has 0 aliphatic rings. The Morgan fingerprint density at radius 1 is 1.03 bits per heavy atom. The lowest BCUT2D eigenvalue weighted by atomic mass is 10.1. The normalized spacial score (nSPS) is 11.2. The topological polar surface area (TPSA) is 68.3 Å². The van der Waals surface area contributed by atoms with Gasteiger partial charge in [0.05, 0.1) is 11.3 Å². The van der Waals surface area contributed by atoms with Crippen molar-refractivity contribution in [3.63, 3.8) is 0 Å². The van der Waals surface area contributed by atoms with Gasteiger partial charge in [0.25, 0.3) is 0 Å². The summed E-state index contributed by atoms with van der Waals surface area (Å²) in [5.41, 5.74) is 0.710. The smallest absolute Gasteiger partial charge is 0.416 e. The van der Waals surface area contributed by atoms with Crippen LogP contribution in [0.5, 0.6) is 5.75 Å². The molecule has 0 saturated carbocycles. The number of ether oxygens (including phenoxy) is 1. The van der Waals surface area contributed by atoms with Crippen molar-refractivity contribution in [2.45, 2.75) is 20.0 Å². The summed E-state index contributed by atoms with van der Waals surface area (Å²) >= 11 is 1.04. The molecule has 1 heterocycles. The molecule has 0 radical (unpaired) electrons. The van der Waals surface area contributed by atoms with Gasteiger partial charge in [-0.05, 0) is 43.3 Å². The van der Waals surface area contributed by atoms with E-state index in [-0.39, 0.29) is 16.5 Å². The Balaban J connectivity index is 1.75. The van der Waals surface area contributed by atoms with Crippen LogP contribution >= 0.6 is 11.3 Å². The SMILES string of the molecule is CC(=O)Nc1ccc(OC(=O)c2sc(-c3ccc(C(F)(F)F)cc3)nc2C)cc1. The molecule has 0 saturated heterocycles. The average molecular weight is 420 g/mol. The summed E-state index contributed by atoms with van der Waals surface area (Å²) in [6.07, 6.45) is -4.41. The van der Waals surface area contributed by atoms with Crippen molar-refractivity contribution in [2.75, 3.05) is 5.32 Å². The molecule has 0 aliphatic carbocycles. The number of amides is 1. The van der Waals surface area contributed by atoms with Gasteiger partial charge in [-0.2, -0.15) is 13.2 Å². The first-order chi connectivity index (χ1) is 13.6. The summed E-state index contributed by atoms with van der Waals surface area (Å²) in [5, 5.41) is 3.02. The van der Waals surface area contributed by atoms with Crippen LogP contribution < -0.4 is 10.1 Å². The third kappa shape index (κ3) is 5.00. The van der Waals surface area contributed by atoms with Crippen molar-refractivity contribution in [1.29, 1.82) is 0 Å². The number of carbonyl (C=O) groups is 2. The van der Waals surface area contributed by atoms with Gasteiger partial charge in [0.15, 0.2) is 0 Å². The minimum atomic E-state index is -4.41. The van der Waals surface area contributed by atoms with Crippen LogP contribution in [0.4, 0.5) is 18.9 Å². The average Bonchev–Trinajstić information content (AvgIpc) is 3.04. The molecule has 5 nitrogen and oxygen atoms in total. The maximum absolute atomic E-state index is 12.7.